The van der Waals surface area contributed by atoms with Gasteiger partial charge in [-0.15, -0.1) is 0 Å². The van der Waals surface area contributed by atoms with Crippen LogP contribution in [-0.4, -0.2) is 34.5 Å². The topological polar surface area (TPSA) is 115 Å². The van der Waals surface area contributed by atoms with Crippen molar-refractivity contribution in [3.8, 4) is 17.0 Å². The number of ether oxygens (including phenoxy) is 1. The van der Waals surface area contributed by atoms with E-state index in [0.717, 1.165) is 11.1 Å². The summed E-state index contributed by atoms with van der Waals surface area (Å²) in [6.07, 6.45) is 3.93. The number of nitrogens with zero attached hydrogens (tertiary/aromatic N) is 3. The fourth-order valence-corrected chi connectivity index (χ4v) is 3.26. The molecule has 2 aromatic heterocycles. The van der Waals surface area contributed by atoms with E-state index in [1.54, 1.807) is 24.5 Å². The number of hydrogen-bond donors (Lipinski definition) is 3. The van der Waals surface area contributed by atoms with Gasteiger partial charge in [0.25, 0.3) is 5.91 Å². The molecule has 3 aromatic rings. The summed E-state index contributed by atoms with van der Waals surface area (Å²) >= 11 is 0. The number of aromatic nitrogens is 3. The van der Waals surface area contributed by atoms with Crippen molar-refractivity contribution in [2.24, 2.45) is 0 Å². The molecule has 0 saturated carbocycles. The first-order chi connectivity index (χ1) is 14.0. The number of nitrogens with two attached hydrogens (primary N) is 1. The third kappa shape index (κ3) is 3.79. The Morgan fingerprint density at radius 2 is 2.17 bits per heavy atom. The van der Waals surface area contributed by atoms with Gasteiger partial charge in [0.05, 0.1) is 17.9 Å². The average molecular weight is 394 g/mol. The second-order valence-electron chi connectivity index (χ2n) is 6.51. The molecular weight excluding hydrogens is 375 g/mol. The molecule has 1 amide bonds. The number of nitrogens with one attached hydrogen (secondary N) is 2. The van der Waals surface area contributed by atoms with Gasteiger partial charge in [-0.1, -0.05) is 0 Å². The highest BCUT2D eigenvalue weighted by molar-refractivity contribution is 5.94. The highest BCUT2D eigenvalue weighted by Gasteiger charge is 2.23. The maximum atomic E-state index is 13.9. The van der Waals surface area contributed by atoms with Crippen molar-refractivity contribution in [3.05, 3.63) is 59.2 Å². The zero-order chi connectivity index (χ0) is 20.4. The van der Waals surface area contributed by atoms with E-state index in [4.69, 9.17) is 10.5 Å². The fourth-order valence-electron chi connectivity index (χ4n) is 3.26. The molecule has 0 bridgehead atoms. The van der Waals surface area contributed by atoms with Gasteiger partial charge in [-0.05, 0) is 29.8 Å². The minimum absolute atomic E-state index is 0.175. The zero-order valence-electron chi connectivity index (χ0n) is 15.7. The lowest BCUT2D eigenvalue weighted by atomic mass is 10.1. The largest absolute Gasteiger partial charge is 0.492 e. The van der Waals surface area contributed by atoms with Crippen LogP contribution in [0.2, 0.25) is 0 Å². The van der Waals surface area contributed by atoms with Crippen molar-refractivity contribution in [2.45, 2.75) is 13.0 Å². The van der Waals surface area contributed by atoms with Gasteiger partial charge >= 0.3 is 0 Å². The molecule has 29 heavy (non-hydrogen) atoms. The van der Waals surface area contributed by atoms with Gasteiger partial charge in [-0.2, -0.15) is 0 Å². The summed E-state index contributed by atoms with van der Waals surface area (Å²) in [4.78, 5) is 24.4. The Morgan fingerprint density at radius 3 is 2.97 bits per heavy atom. The molecule has 1 aliphatic heterocycles. The van der Waals surface area contributed by atoms with E-state index < -0.39 is 5.82 Å². The second kappa shape index (κ2) is 7.70. The average Bonchev–Trinajstić information content (AvgIpc) is 3.21. The van der Waals surface area contributed by atoms with Crippen molar-refractivity contribution >= 4 is 17.7 Å². The molecule has 0 spiro atoms. The normalized spacial score (nSPS) is 12.2. The van der Waals surface area contributed by atoms with Gasteiger partial charge in [-0.3, -0.25) is 4.79 Å². The van der Waals surface area contributed by atoms with Crippen molar-refractivity contribution < 1.29 is 13.9 Å². The van der Waals surface area contributed by atoms with E-state index in [2.05, 4.69) is 25.6 Å². The van der Waals surface area contributed by atoms with Crippen molar-refractivity contribution in [2.75, 3.05) is 24.7 Å². The highest BCUT2D eigenvalue weighted by Crippen LogP contribution is 2.39. The number of hydrogen-bond acceptors (Lipinski definition) is 7. The van der Waals surface area contributed by atoms with Crippen LogP contribution in [0.15, 0.2) is 36.7 Å². The molecule has 0 unspecified atom stereocenters. The smallest absolute Gasteiger partial charge is 0.251 e. The van der Waals surface area contributed by atoms with Crippen LogP contribution in [0.1, 0.15) is 21.5 Å². The predicted octanol–water partition coefficient (Wildman–Crippen LogP) is 2.17. The number of rotatable bonds is 5. The number of carbonyl (C=O) groups excluding carboxylic acids is 1. The molecule has 9 heteroatoms. The van der Waals surface area contributed by atoms with Gasteiger partial charge in [0.2, 0.25) is 5.95 Å². The number of amides is 1. The SMILES string of the molecule is CNC(=O)c1cc(F)cc(CNc2ncc(-c3ccnc(N)n3)c3c2CCO3)c1. The van der Waals surface area contributed by atoms with Crippen LogP contribution in [0, 0.1) is 5.82 Å². The molecule has 4 rings (SSSR count). The number of nitrogen functional groups attached to an aromatic ring is 1. The Balaban J connectivity index is 1.60. The summed E-state index contributed by atoms with van der Waals surface area (Å²) in [5.74, 6) is 0.710. The van der Waals surface area contributed by atoms with Gasteiger partial charge in [0.15, 0.2) is 0 Å². The molecule has 148 valence electrons. The van der Waals surface area contributed by atoms with Crippen LogP contribution < -0.4 is 21.1 Å². The van der Waals surface area contributed by atoms with E-state index in [1.165, 1.54) is 19.2 Å². The zero-order valence-corrected chi connectivity index (χ0v) is 15.7. The Labute approximate surface area is 166 Å². The summed E-state index contributed by atoms with van der Waals surface area (Å²) in [6, 6.07) is 5.97. The maximum Gasteiger partial charge on any atom is 0.251 e. The summed E-state index contributed by atoms with van der Waals surface area (Å²) in [7, 11) is 1.51. The fraction of sp³-hybridized carbons (Fsp3) is 0.200. The summed E-state index contributed by atoms with van der Waals surface area (Å²) in [5, 5.41) is 5.71. The molecular formula is C20H19FN6O2. The minimum Gasteiger partial charge on any atom is -0.492 e. The highest BCUT2D eigenvalue weighted by atomic mass is 19.1. The Kier molecular flexibility index (Phi) is 4.94. The van der Waals surface area contributed by atoms with Crippen LogP contribution in [0.3, 0.4) is 0 Å². The third-order valence-corrected chi connectivity index (χ3v) is 4.58. The lowest BCUT2D eigenvalue weighted by molar-refractivity contribution is 0.0962. The molecule has 1 aromatic carbocycles. The van der Waals surface area contributed by atoms with Gasteiger partial charge in [0, 0.05) is 43.5 Å². The Bertz CT molecular complexity index is 1090. The molecule has 1 aliphatic rings. The first kappa shape index (κ1) is 18.6. The maximum absolute atomic E-state index is 13.9. The van der Waals surface area contributed by atoms with Gasteiger partial charge < -0.3 is 21.1 Å². The van der Waals surface area contributed by atoms with Crippen LogP contribution in [-0.2, 0) is 13.0 Å². The third-order valence-electron chi connectivity index (χ3n) is 4.58. The molecule has 0 saturated heterocycles. The molecule has 0 fully saturated rings. The van der Waals surface area contributed by atoms with Crippen molar-refractivity contribution in [1.82, 2.24) is 20.3 Å². The molecule has 0 atom stereocenters. The van der Waals surface area contributed by atoms with Crippen LogP contribution in [0.4, 0.5) is 16.2 Å². The Hall–Kier alpha value is -3.75. The lowest BCUT2D eigenvalue weighted by Gasteiger charge is -2.13. The number of carbonyl (C=O) groups is 1. The first-order valence-electron chi connectivity index (χ1n) is 9.04. The van der Waals surface area contributed by atoms with Gasteiger partial charge in [-0.25, -0.2) is 19.3 Å². The Morgan fingerprint density at radius 1 is 1.31 bits per heavy atom. The number of anilines is 2. The van der Waals surface area contributed by atoms with Crippen molar-refractivity contribution in [1.29, 1.82) is 0 Å². The van der Waals surface area contributed by atoms with Crippen LogP contribution in [0.25, 0.3) is 11.3 Å². The molecule has 0 aliphatic carbocycles. The monoisotopic (exact) mass is 394 g/mol. The predicted molar refractivity (Wildman–Crippen MR) is 106 cm³/mol. The second-order valence-corrected chi connectivity index (χ2v) is 6.51. The van der Waals surface area contributed by atoms with Crippen molar-refractivity contribution in [3.63, 3.8) is 0 Å². The summed E-state index contributed by atoms with van der Waals surface area (Å²) in [6.45, 7) is 0.838. The minimum atomic E-state index is -0.471. The van der Waals surface area contributed by atoms with E-state index in [1.807, 2.05) is 0 Å². The first-order valence-corrected chi connectivity index (χ1v) is 9.04. The van der Waals surface area contributed by atoms with E-state index in [-0.39, 0.29) is 17.4 Å². The number of benzene rings is 1. The van der Waals surface area contributed by atoms with E-state index >= 15 is 0 Å². The number of pyridine rings is 1. The molecule has 8 nitrogen and oxygen atoms in total. The number of fused-ring (bicyclic) bond motifs is 1. The van der Waals surface area contributed by atoms with Crippen LogP contribution in [0.5, 0.6) is 5.75 Å². The van der Waals surface area contributed by atoms with Gasteiger partial charge in [0.1, 0.15) is 17.4 Å². The van der Waals surface area contributed by atoms with E-state index in [9.17, 15) is 9.18 Å². The standard InChI is InChI=1S/C20H19FN6O2/c1-23-19(28)12-6-11(7-13(21)8-12)9-25-18-14-3-5-29-17(14)15(10-26-18)16-2-4-24-20(22)27-16/h2,4,6-8,10H,3,5,9H2,1H3,(H,23,28)(H,25,26)(H2,22,24,27). The summed E-state index contributed by atoms with van der Waals surface area (Å²) in [5.41, 5.74) is 8.87. The molecule has 4 N–H and O–H groups in total. The summed E-state index contributed by atoms with van der Waals surface area (Å²) < 4.78 is 19.7. The quantitative estimate of drug-likeness (QED) is 0.607. The molecule has 3 heterocycles. The van der Waals surface area contributed by atoms with Crippen LogP contribution >= 0.6 is 0 Å². The lowest BCUT2D eigenvalue weighted by Crippen LogP contribution is -2.18. The van der Waals surface area contributed by atoms with E-state index in [0.29, 0.717) is 42.4 Å². The molecule has 0 radical (unpaired) electrons. The number of halogens is 1.